The molecule has 5 heteroatoms. The zero-order chi connectivity index (χ0) is 34.1. The molecule has 7 rings (SSSR count). The summed E-state index contributed by atoms with van der Waals surface area (Å²) in [7, 11) is -1.23. The molecule has 0 atom stereocenters. The third-order valence-electron chi connectivity index (χ3n) is 9.15. The molecule has 3 heterocycles. The van der Waals surface area contributed by atoms with Gasteiger partial charge in [-0.05, 0) is 50.8 Å². The fourth-order valence-electron chi connectivity index (χ4n) is 5.93. The average molecular weight is 837 g/mol. The second-order valence-corrected chi connectivity index (χ2v) is 20.1. The van der Waals surface area contributed by atoms with Crippen LogP contribution >= 0.6 is 0 Å². The van der Waals surface area contributed by atoms with Crippen LogP contribution in [0.25, 0.3) is 44.5 Å². The van der Waals surface area contributed by atoms with Gasteiger partial charge in [0.05, 0.1) is 13.7 Å². The van der Waals surface area contributed by atoms with Gasteiger partial charge in [-0.25, -0.2) is 0 Å². The fourth-order valence-corrected chi connectivity index (χ4v) is 6.96. The molecule has 251 valence electrons. The van der Waals surface area contributed by atoms with Gasteiger partial charge in [0.1, 0.15) is 5.58 Å². The first-order chi connectivity index (χ1) is 22.8. The summed E-state index contributed by atoms with van der Waals surface area (Å²) < 4.78 is 6.46. The first-order valence-corrected chi connectivity index (χ1v) is 20.2. The molecule has 0 aliphatic heterocycles. The summed E-state index contributed by atoms with van der Waals surface area (Å²) in [6.07, 6.45) is 3.90. The number of nitrogens with zero attached hydrogens (tertiary/aromatic N) is 2. The van der Waals surface area contributed by atoms with E-state index in [1.165, 1.54) is 21.9 Å². The van der Waals surface area contributed by atoms with Crippen molar-refractivity contribution in [1.82, 2.24) is 9.97 Å². The Morgan fingerprint density at radius 2 is 1.39 bits per heavy atom. The Balaban J connectivity index is 0.000000233. The van der Waals surface area contributed by atoms with E-state index in [0.29, 0.717) is 0 Å². The zero-order valence-corrected chi connectivity index (χ0v) is 33.1. The van der Waals surface area contributed by atoms with Gasteiger partial charge in [0.15, 0.2) is 0 Å². The Morgan fingerprint density at radius 1 is 0.633 bits per heavy atom. The number of aromatic nitrogens is 2. The number of hydrogen-bond acceptors (Lipinski definition) is 3. The molecule has 49 heavy (non-hydrogen) atoms. The van der Waals surface area contributed by atoms with Crippen molar-refractivity contribution >= 4 is 35.2 Å². The van der Waals surface area contributed by atoms with E-state index >= 15 is 0 Å². The van der Waals surface area contributed by atoms with Gasteiger partial charge in [-0.3, -0.25) is 0 Å². The predicted molar refractivity (Wildman–Crippen MR) is 205 cm³/mol. The van der Waals surface area contributed by atoms with Gasteiger partial charge in [0.2, 0.25) is 0 Å². The summed E-state index contributed by atoms with van der Waals surface area (Å²) in [5.41, 5.74) is 9.30. The van der Waals surface area contributed by atoms with E-state index in [9.17, 15) is 0 Å². The van der Waals surface area contributed by atoms with Crippen molar-refractivity contribution in [2.24, 2.45) is 0 Å². The van der Waals surface area contributed by atoms with E-state index in [1.807, 2.05) is 42.7 Å². The third-order valence-corrected chi connectivity index (χ3v) is 11.2. The maximum absolute atomic E-state index is 6.46. The van der Waals surface area contributed by atoms with Crippen LogP contribution < -0.4 is 5.19 Å². The summed E-state index contributed by atoms with van der Waals surface area (Å²) in [6, 6.07) is 44.3. The van der Waals surface area contributed by atoms with Crippen molar-refractivity contribution < 1.29 is 24.5 Å². The maximum Gasteiger partial charge on any atom is 0.121 e. The molecule has 3 aromatic heterocycles. The van der Waals surface area contributed by atoms with Crippen LogP contribution in [0.4, 0.5) is 0 Å². The minimum Gasteiger partial charge on any atom is -0.501 e. The first-order valence-electron chi connectivity index (χ1n) is 16.7. The largest absolute Gasteiger partial charge is 0.501 e. The SMILES string of the molecule is CC(C)(C)c1ccnc(-c2[c-]ccc3c2oc2cc(C(C)(C)c4ccccc4)ccc23)c1.C[Si](C)(C)c1ccc(-c2[c-]cccc2)nc1.[Ir]. The van der Waals surface area contributed by atoms with Crippen molar-refractivity contribution in [3.8, 4) is 22.5 Å². The van der Waals surface area contributed by atoms with Gasteiger partial charge in [-0.15, -0.1) is 54.1 Å². The minimum absolute atomic E-state index is 0. The third kappa shape index (κ3) is 7.86. The summed E-state index contributed by atoms with van der Waals surface area (Å²) in [5.74, 6) is 0. The van der Waals surface area contributed by atoms with Gasteiger partial charge >= 0.3 is 0 Å². The topological polar surface area (TPSA) is 38.9 Å². The van der Waals surface area contributed by atoms with Crippen molar-refractivity contribution in [2.45, 2.75) is 65.1 Å². The molecule has 0 saturated carbocycles. The maximum atomic E-state index is 6.46. The number of rotatable bonds is 5. The van der Waals surface area contributed by atoms with Gasteiger partial charge < -0.3 is 14.4 Å². The molecule has 0 unspecified atom stereocenters. The number of furan rings is 1. The van der Waals surface area contributed by atoms with Crippen LogP contribution in [0, 0.1) is 12.1 Å². The fraction of sp³-hybridized carbons (Fsp3) is 0.227. The van der Waals surface area contributed by atoms with E-state index in [1.54, 1.807) is 0 Å². The molecular formula is C44H44IrN2OSi-2. The first kappa shape index (κ1) is 36.1. The van der Waals surface area contributed by atoms with Crippen LogP contribution in [0.3, 0.4) is 0 Å². The van der Waals surface area contributed by atoms with Gasteiger partial charge in [0.25, 0.3) is 0 Å². The molecule has 0 fully saturated rings. The van der Waals surface area contributed by atoms with Gasteiger partial charge in [-0.1, -0.05) is 126 Å². The average Bonchev–Trinajstić information content (AvgIpc) is 3.47. The smallest absolute Gasteiger partial charge is 0.121 e. The Morgan fingerprint density at radius 3 is 2.04 bits per heavy atom. The normalized spacial score (nSPS) is 11.9. The van der Waals surface area contributed by atoms with Crippen LogP contribution in [-0.2, 0) is 30.9 Å². The molecule has 3 nitrogen and oxygen atoms in total. The molecule has 0 bridgehead atoms. The quantitative estimate of drug-likeness (QED) is 0.128. The summed E-state index contributed by atoms with van der Waals surface area (Å²) >= 11 is 0. The van der Waals surface area contributed by atoms with Crippen LogP contribution in [-0.4, -0.2) is 18.0 Å². The Kier molecular flexibility index (Phi) is 10.6. The molecule has 7 aromatic rings. The molecule has 0 saturated heterocycles. The van der Waals surface area contributed by atoms with Crippen molar-refractivity contribution in [3.63, 3.8) is 0 Å². The van der Waals surface area contributed by atoms with E-state index in [-0.39, 0.29) is 30.9 Å². The number of benzene rings is 4. The van der Waals surface area contributed by atoms with Crippen molar-refractivity contribution in [3.05, 3.63) is 150 Å². The number of hydrogen-bond donors (Lipinski definition) is 0. The summed E-state index contributed by atoms with van der Waals surface area (Å²) in [4.78, 5) is 9.17. The Hall–Kier alpha value is -4.15. The van der Waals surface area contributed by atoms with E-state index < -0.39 is 8.07 Å². The van der Waals surface area contributed by atoms with E-state index in [2.05, 4.69) is 155 Å². The second-order valence-electron chi connectivity index (χ2n) is 15.0. The monoisotopic (exact) mass is 837 g/mol. The second kappa shape index (κ2) is 14.4. The van der Waals surface area contributed by atoms with Crippen molar-refractivity contribution in [2.75, 3.05) is 0 Å². The van der Waals surface area contributed by atoms with Crippen LogP contribution in [0.1, 0.15) is 51.3 Å². The summed E-state index contributed by atoms with van der Waals surface area (Å²) in [6.45, 7) is 18.2. The molecule has 4 aromatic carbocycles. The molecular weight excluding hydrogens is 793 g/mol. The number of pyridine rings is 2. The van der Waals surface area contributed by atoms with Crippen molar-refractivity contribution in [1.29, 1.82) is 0 Å². The molecule has 0 aliphatic carbocycles. The number of fused-ring (bicyclic) bond motifs is 3. The molecule has 1 radical (unpaired) electrons. The minimum atomic E-state index is -1.23. The molecule has 0 N–H and O–H groups in total. The Labute approximate surface area is 306 Å². The zero-order valence-electron chi connectivity index (χ0n) is 29.7. The molecule has 0 aliphatic rings. The predicted octanol–water partition coefficient (Wildman–Crippen LogP) is 11.2. The van der Waals surface area contributed by atoms with Gasteiger partial charge in [0, 0.05) is 43.3 Å². The van der Waals surface area contributed by atoms with Gasteiger partial charge in [-0.2, -0.15) is 0 Å². The molecule has 0 amide bonds. The Bertz CT molecular complexity index is 2160. The van der Waals surface area contributed by atoms with E-state index in [4.69, 9.17) is 4.42 Å². The standard InChI is InChI=1S/C30H28NO.C14H16NSi.Ir/c1-29(2,3)21-16-17-31-26(18-21)25-13-9-12-24-23-15-14-22(19-27(23)32-28(24)25)30(4,5)20-10-7-6-8-11-20;1-16(2,3)13-9-10-14(15-11-13)12-7-5-4-6-8-12;/h6-12,14-19H,1-5H3;4-7,9-11H,1-3H3;/q2*-1;. The molecule has 0 spiro atoms. The van der Waals surface area contributed by atoms with Crippen LogP contribution in [0.5, 0.6) is 0 Å². The van der Waals surface area contributed by atoms with Crippen LogP contribution in [0.15, 0.2) is 126 Å². The summed E-state index contributed by atoms with van der Waals surface area (Å²) in [5, 5.41) is 3.61. The van der Waals surface area contributed by atoms with E-state index in [0.717, 1.165) is 44.5 Å². The van der Waals surface area contributed by atoms with Crippen LogP contribution in [0.2, 0.25) is 19.6 Å².